The second kappa shape index (κ2) is 8.56. The maximum Gasteiger partial charge on any atom is 0.341 e. The van der Waals surface area contributed by atoms with Crippen molar-refractivity contribution in [2.24, 2.45) is 0 Å². The third-order valence-electron chi connectivity index (χ3n) is 4.94. The number of phenolic OH excluding ortho intramolecular Hbond substituents is 1. The van der Waals surface area contributed by atoms with Crippen molar-refractivity contribution in [2.75, 3.05) is 25.6 Å². The Balaban J connectivity index is 0.000000181. The van der Waals surface area contributed by atoms with E-state index in [-0.39, 0.29) is 39.4 Å². The van der Waals surface area contributed by atoms with Gasteiger partial charge in [-0.15, -0.1) is 0 Å². The van der Waals surface area contributed by atoms with Gasteiger partial charge in [-0.2, -0.15) is 5.26 Å². The van der Waals surface area contributed by atoms with E-state index in [2.05, 4.69) is 20.7 Å². The number of hydrogen-bond acceptors (Lipinski definition) is 8. The molecule has 10 heteroatoms. The number of ether oxygens (including phenoxy) is 1. The van der Waals surface area contributed by atoms with Gasteiger partial charge in [-0.05, 0) is 33.4 Å². The highest BCUT2D eigenvalue weighted by atomic mass is 79.9. The summed E-state index contributed by atoms with van der Waals surface area (Å²) in [4.78, 5) is 35.8. The molecule has 162 valence electrons. The van der Waals surface area contributed by atoms with Gasteiger partial charge in [0.15, 0.2) is 5.75 Å². The van der Waals surface area contributed by atoms with Crippen LogP contribution in [0.25, 0.3) is 10.8 Å². The number of carbonyl (C=O) groups is 3. The van der Waals surface area contributed by atoms with Gasteiger partial charge in [0.25, 0.3) is 11.8 Å². The molecular formula is C22H17BrN4O5. The van der Waals surface area contributed by atoms with Crippen LogP contribution in [0.1, 0.15) is 36.6 Å². The first-order valence-corrected chi connectivity index (χ1v) is 9.86. The summed E-state index contributed by atoms with van der Waals surface area (Å²) < 4.78 is 4.88. The number of imide groups is 1. The molecule has 0 fully saturated rings. The molecule has 0 spiro atoms. The van der Waals surface area contributed by atoms with Gasteiger partial charge in [0.2, 0.25) is 0 Å². The average molecular weight is 497 g/mol. The van der Waals surface area contributed by atoms with Gasteiger partial charge in [-0.3, -0.25) is 14.5 Å². The minimum absolute atomic E-state index is 0.0821. The number of anilines is 2. The standard InChI is InChI=1S/C12H11NO3.C10H6BrN3O2/c1-16-12(15)9-6-7-4-2-3-5-8(7)10(13)11(9)14;1-14-9(15)5-2-4(3-12)8(13)7(11)6(5)10(14)16/h2-6,14H,13H2,1H3;2H,13H2,1H3. The van der Waals surface area contributed by atoms with E-state index in [0.717, 1.165) is 10.3 Å². The molecule has 3 aromatic rings. The summed E-state index contributed by atoms with van der Waals surface area (Å²) in [6.45, 7) is 0. The van der Waals surface area contributed by atoms with Crippen molar-refractivity contribution in [3.8, 4) is 11.8 Å². The van der Waals surface area contributed by atoms with Crippen LogP contribution in [0.5, 0.6) is 5.75 Å². The Morgan fingerprint density at radius 3 is 2.44 bits per heavy atom. The smallest absolute Gasteiger partial charge is 0.341 e. The summed E-state index contributed by atoms with van der Waals surface area (Å²) in [6.07, 6.45) is 0. The van der Waals surface area contributed by atoms with Crippen molar-refractivity contribution in [1.29, 1.82) is 5.26 Å². The van der Waals surface area contributed by atoms with Crippen molar-refractivity contribution in [3.05, 3.63) is 63.1 Å². The van der Waals surface area contributed by atoms with Crippen LogP contribution in [0.4, 0.5) is 11.4 Å². The number of amides is 2. The number of nitriles is 1. The third kappa shape index (κ3) is 3.59. The fourth-order valence-corrected chi connectivity index (χ4v) is 3.80. The molecule has 0 saturated carbocycles. The molecule has 0 atom stereocenters. The van der Waals surface area contributed by atoms with Crippen LogP contribution < -0.4 is 11.5 Å². The highest BCUT2D eigenvalue weighted by molar-refractivity contribution is 9.10. The topological polar surface area (TPSA) is 160 Å². The van der Waals surface area contributed by atoms with Crippen molar-refractivity contribution in [1.82, 2.24) is 4.90 Å². The minimum atomic E-state index is -0.602. The van der Waals surface area contributed by atoms with E-state index in [1.165, 1.54) is 20.2 Å². The van der Waals surface area contributed by atoms with Crippen LogP contribution in [0.3, 0.4) is 0 Å². The second-order valence-electron chi connectivity index (χ2n) is 6.75. The van der Waals surface area contributed by atoms with Crippen LogP contribution in [0, 0.1) is 11.3 Å². The highest BCUT2D eigenvalue weighted by Gasteiger charge is 2.36. The van der Waals surface area contributed by atoms with E-state index in [0.29, 0.717) is 9.86 Å². The molecule has 0 unspecified atom stereocenters. The number of aromatic hydroxyl groups is 1. The van der Waals surface area contributed by atoms with Gasteiger partial charge in [0.05, 0.1) is 39.6 Å². The van der Waals surface area contributed by atoms with E-state index in [9.17, 15) is 19.5 Å². The van der Waals surface area contributed by atoms with Crippen LogP contribution in [0.2, 0.25) is 0 Å². The molecule has 4 rings (SSSR count). The van der Waals surface area contributed by atoms with E-state index in [1.54, 1.807) is 12.1 Å². The number of fused-ring (bicyclic) bond motifs is 2. The summed E-state index contributed by atoms with van der Waals surface area (Å²) in [5.74, 6) is -1.67. The molecule has 0 aromatic heterocycles. The maximum atomic E-state index is 11.7. The summed E-state index contributed by atoms with van der Waals surface area (Å²) in [7, 11) is 2.65. The largest absolute Gasteiger partial charge is 0.505 e. The normalized spacial score (nSPS) is 12.1. The fraction of sp³-hybridized carbons (Fsp3) is 0.0909. The Hall–Kier alpha value is -4.10. The number of phenols is 1. The molecule has 0 bridgehead atoms. The van der Waals surface area contributed by atoms with Gasteiger partial charge >= 0.3 is 5.97 Å². The first kappa shape index (κ1) is 22.6. The number of nitrogens with zero attached hydrogens (tertiary/aromatic N) is 2. The molecule has 3 aromatic carbocycles. The lowest BCUT2D eigenvalue weighted by atomic mass is 10.0. The van der Waals surface area contributed by atoms with Crippen LogP contribution in [-0.4, -0.2) is 41.9 Å². The molecule has 1 aliphatic heterocycles. The maximum absolute atomic E-state index is 11.7. The third-order valence-corrected chi connectivity index (χ3v) is 5.77. The summed E-state index contributed by atoms with van der Waals surface area (Å²) in [5.41, 5.74) is 12.5. The average Bonchev–Trinajstić information content (AvgIpc) is 3.02. The number of methoxy groups -OCH3 is 1. The molecule has 2 amide bonds. The monoisotopic (exact) mass is 496 g/mol. The van der Waals surface area contributed by atoms with Crippen molar-refractivity contribution in [3.63, 3.8) is 0 Å². The molecule has 9 nitrogen and oxygen atoms in total. The Morgan fingerprint density at radius 1 is 1.16 bits per heavy atom. The lowest BCUT2D eigenvalue weighted by molar-refractivity contribution is 0.0596. The Labute approximate surface area is 190 Å². The summed E-state index contributed by atoms with van der Waals surface area (Å²) in [5, 5.41) is 20.1. The Bertz CT molecular complexity index is 1350. The predicted octanol–water partition coefficient (Wildman–Crippen LogP) is 3.04. The zero-order valence-electron chi connectivity index (χ0n) is 17.0. The molecule has 0 saturated heterocycles. The second-order valence-corrected chi connectivity index (χ2v) is 7.55. The molecule has 0 radical (unpaired) electrons. The lowest BCUT2D eigenvalue weighted by Crippen LogP contribution is -2.24. The number of nitrogen functional groups attached to an aromatic ring is 2. The quantitative estimate of drug-likeness (QED) is 0.200. The fourth-order valence-electron chi connectivity index (χ4n) is 3.21. The van der Waals surface area contributed by atoms with Gasteiger partial charge in [-0.1, -0.05) is 24.3 Å². The Morgan fingerprint density at radius 2 is 1.81 bits per heavy atom. The number of carbonyl (C=O) groups excluding carboxylic acids is 3. The number of rotatable bonds is 1. The van der Waals surface area contributed by atoms with Gasteiger partial charge in [0.1, 0.15) is 11.6 Å². The van der Waals surface area contributed by atoms with E-state index < -0.39 is 17.8 Å². The summed E-state index contributed by atoms with van der Waals surface area (Å²) >= 11 is 3.14. The van der Waals surface area contributed by atoms with Gasteiger partial charge in [0, 0.05) is 12.4 Å². The van der Waals surface area contributed by atoms with Crippen molar-refractivity contribution < 1.29 is 24.2 Å². The molecule has 32 heavy (non-hydrogen) atoms. The number of nitrogens with two attached hydrogens (primary N) is 2. The SMILES string of the molecule is CN1C(=O)c2cc(C#N)c(N)c(Br)c2C1=O.COC(=O)c1cc2ccccc2c(N)c1O. The van der Waals surface area contributed by atoms with E-state index in [4.69, 9.17) is 16.7 Å². The van der Waals surface area contributed by atoms with Crippen LogP contribution in [0.15, 0.2) is 40.9 Å². The molecule has 1 heterocycles. The summed E-state index contributed by atoms with van der Waals surface area (Å²) in [6, 6.07) is 12.0. The van der Waals surface area contributed by atoms with E-state index >= 15 is 0 Å². The van der Waals surface area contributed by atoms with Crippen LogP contribution >= 0.6 is 15.9 Å². The van der Waals surface area contributed by atoms with Crippen LogP contribution in [-0.2, 0) is 4.74 Å². The molecular weight excluding hydrogens is 480 g/mol. The van der Waals surface area contributed by atoms with Crippen molar-refractivity contribution in [2.45, 2.75) is 0 Å². The number of benzene rings is 3. The van der Waals surface area contributed by atoms with Gasteiger partial charge < -0.3 is 21.3 Å². The highest BCUT2D eigenvalue weighted by Crippen LogP contribution is 2.35. The first-order chi connectivity index (χ1) is 15.1. The number of esters is 1. The zero-order chi connectivity index (χ0) is 23.7. The first-order valence-electron chi connectivity index (χ1n) is 9.06. The minimum Gasteiger partial charge on any atom is -0.505 e. The molecule has 0 aliphatic carbocycles. The van der Waals surface area contributed by atoms with E-state index in [1.807, 2.05) is 24.3 Å². The lowest BCUT2D eigenvalue weighted by Gasteiger charge is -2.08. The predicted molar refractivity (Wildman–Crippen MR) is 121 cm³/mol. The molecule has 1 aliphatic rings. The number of halogens is 1. The van der Waals surface area contributed by atoms with Gasteiger partial charge in [-0.25, -0.2) is 4.79 Å². The Kier molecular flexibility index (Phi) is 6.04. The number of hydrogen-bond donors (Lipinski definition) is 3. The zero-order valence-corrected chi connectivity index (χ0v) is 18.6. The molecule has 5 N–H and O–H groups in total. The van der Waals surface area contributed by atoms with Crippen molar-refractivity contribution >= 4 is 55.9 Å².